The predicted octanol–water partition coefficient (Wildman–Crippen LogP) is 12.8. The first-order chi connectivity index (χ1) is 18.2. The Kier molecular flexibility index (Phi) is 30.5. The Hall–Kier alpha value is -0.0400. The van der Waals surface area contributed by atoms with Crippen molar-refractivity contribution in [3.63, 3.8) is 0 Å². The fraction of sp³-hybridized carbons (Fsp3) is 1.00. The summed E-state index contributed by atoms with van der Waals surface area (Å²) in [4.78, 5) is 0. The van der Waals surface area contributed by atoms with E-state index in [1.165, 1.54) is 210 Å². The van der Waals surface area contributed by atoms with Crippen LogP contribution < -0.4 is 0 Å². The number of unbranched alkanes of at least 4 members (excludes halogenated alkanes) is 26. The summed E-state index contributed by atoms with van der Waals surface area (Å²) >= 11 is 0. The molecule has 0 aromatic rings. The van der Waals surface area contributed by atoms with E-state index in [1.54, 1.807) is 0 Å². The van der Waals surface area contributed by atoms with E-state index in [0.717, 1.165) is 0 Å². The molecule has 1 nitrogen and oxygen atoms in total. The van der Waals surface area contributed by atoms with Gasteiger partial charge in [0.2, 0.25) is 0 Å². The highest BCUT2D eigenvalue weighted by molar-refractivity contribution is 4.53. The van der Waals surface area contributed by atoms with Crippen molar-refractivity contribution in [2.45, 2.75) is 207 Å². The van der Waals surface area contributed by atoms with Crippen molar-refractivity contribution in [1.29, 1.82) is 0 Å². The van der Waals surface area contributed by atoms with E-state index in [-0.39, 0.29) is 0 Å². The monoisotopic (exact) mass is 523 g/mol. The smallest absolute Gasteiger partial charge is 0.0784 e. The Balaban J connectivity index is 4.03. The second-order valence-corrected chi connectivity index (χ2v) is 13.0. The molecule has 0 aliphatic carbocycles. The van der Waals surface area contributed by atoms with Crippen molar-refractivity contribution in [2.75, 3.05) is 26.7 Å². The normalized spacial score (nSPS) is 13.3. The third-order valence-electron chi connectivity index (χ3n) is 8.90. The van der Waals surface area contributed by atoms with Crippen molar-refractivity contribution in [1.82, 2.24) is 0 Å². The molecular formula is C36H76N+. The molecule has 224 valence electrons. The van der Waals surface area contributed by atoms with Gasteiger partial charge in [-0.25, -0.2) is 0 Å². The minimum atomic E-state index is 1.37. The van der Waals surface area contributed by atoms with Crippen LogP contribution in [0, 0.1) is 0 Å². The lowest BCUT2D eigenvalue weighted by Crippen LogP contribution is -2.46. The van der Waals surface area contributed by atoms with Crippen LogP contribution in [0.5, 0.6) is 0 Å². The summed E-state index contributed by atoms with van der Waals surface area (Å²) in [6.07, 6.45) is 42.3. The zero-order chi connectivity index (χ0) is 27.1. The van der Waals surface area contributed by atoms with Gasteiger partial charge in [-0.3, -0.25) is 0 Å². The zero-order valence-corrected chi connectivity index (χ0v) is 27.1. The molecule has 0 aliphatic heterocycles. The van der Waals surface area contributed by atoms with E-state index in [9.17, 15) is 0 Å². The fourth-order valence-corrected chi connectivity index (χ4v) is 6.10. The summed E-state index contributed by atoms with van der Waals surface area (Å²) in [6.45, 7) is 11.3. The average molecular weight is 523 g/mol. The van der Waals surface area contributed by atoms with E-state index < -0.39 is 0 Å². The molecule has 0 aromatic heterocycles. The topological polar surface area (TPSA) is 0 Å². The number of nitrogens with zero attached hydrogens (tertiary/aromatic N) is 1. The van der Waals surface area contributed by atoms with Gasteiger partial charge in [-0.05, 0) is 38.5 Å². The second kappa shape index (κ2) is 30.5. The standard InChI is InChI=1S/C36H76N/c1-5-8-11-14-17-20-22-24-27-30-33-36-37(4,34-31-28-25-19-16-13-10-7-3)35-32-29-26-23-21-18-15-12-9-6-2/h5-36H2,1-4H3/q+1. The third kappa shape index (κ3) is 28.8. The minimum absolute atomic E-state index is 1.37. The van der Waals surface area contributed by atoms with Gasteiger partial charge in [-0.2, -0.15) is 0 Å². The Labute approximate surface area is 237 Å². The SMILES string of the molecule is CCCCCCCCCCCCC[N+](C)(CCCCCCCCCC)CCCCCCCCCCCC. The molecule has 0 saturated heterocycles. The number of rotatable bonds is 32. The Bertz CT molecular complexity index is 405. The molecule has 0 amide bonds. The van der Waals surface area contributed by atoms with Crippen LogP contribution in [-0.4, -0.2) is 31.2 Å². The van der Waals surface area contributed by atoms with Crippen molar-refractivity contribution >= 4 is 0 Å². The van der Waals surface area contributed by atoms with Crippen LogP contribution in [0.2, 0.25) is 0 Å². The zero-order valence-electron chi connectivity index (χ0n) is 27.1. The van der Waals surface area contributed by atoms with E-state index in [2.05, 4.69) is 27.8 Å². The van der Waals surface area contributed by atoms with Crippen LogP contribution in [0.3, 0.4) is 0 Å². The summed E-state index contributed by atoms with van der Waals surface area (Å²) in [5, 5.41) is 0. The third-order valence-corrected chi connectivity index (χ3v) is 8.90. The average Bonchev–Trinajstić information content (AvgIpc) is 2.90. The van der Waals surface area contributed by atoms with Crippen LogP contribution in [0.1, 0.15) is 207 Å². The molecule has 0 rings (SSSR count). The van der Waals surface area contributed by atoms with Crippen molar-refractivity contribution in [3.8, 4) is 0 Å². The quantitative estimate of drug-likeness (QED) is 0.0608. The largest absolute Gasteiger partial charge is 0.326 e. The molecule has 1 atom stereocenters. The lowest BCUT2D eigenvalue weighted by Gasteiger charge is -2.35. The van der Waals surface area contributed by atoms with Gasteiger partial charge in [-0.1, -0.05) is 168 Å². The van der Waals surface area contributed by atoms with E-state index in [0.29, 0.717) is 0 Å². The maximum Gasteiger partial charge on any atom is 0.0784 e. The van der Waals surface area contributed by atoms with Gasteiger partial charge in [0, 0.05) is 0 Å². The molecule has 0 aliphatic rings. The first-order valence-corrected chi connectivity index (χ1v) is 18.0. The minimum Gasteiger partial charge on any atom is -0.326 e. The van der Waals surface area contributed by atoms with Crippen molar-refractivity contribution < 1.29 is 4.48 Å². The van der Waals surface area contributed by atoms with Gasteiger partial charge in [-0.15, -0.1) is 0 Å². The molecule has 1 unspecified atom stereocenters. The summed E-state index contributed by atoms with van der Waals surface area (Å²) in [6, 6.07) is 0. The Morgan fingerprint density at radius 3 is 0.595 bits per heavy atom. The highest BCUT2D eigenvalue weighted by atomic mass is 15.3. The van der Waals surface area contributed by atoms with E-state index in [4.69, 9.17) is 0 Å². The van der Waals surface area contributed by atoms with Crippen LogP contribution in [0.15, 0.2) is 0 Å². The number of hydrogen-bond acceptors (Lipinski definition) is 0. The van der Waals surface area contributed by atoms with Crippen LogP contribution >= 0.6 is 0 Å². The van der Waals surface area contributed by atoms with Gasteiger partial charge >= 0.3 is 0 Å². The van der Waals surface area contributed by atoms with Gasteiger partial charge in [0.05, 0.1) is 26.7 Å². The summed E-state index contributed by atoms with van der Waals surface area (Å²) in [5.74, 6) is 0. The Morgan fingerprint density at radius 2 is 0.405 bits per heavy atom. The lowest BCUT2D eigenvalue weighted by molar-refractivity contribution is -0.910. The van der Waals surface area contributed by atoms with Crippen molar-refractivity contribution in [3.05, 3.63) is 0 Å². The molecule has 1 heteroatoms. The van der Waals surface area contributed by atoms with Crippen LogP contribution in [0.4, 0.5) is 0 Å². The van der Waals surface area contributed by atoms with Crippen molar-refractivity contribution in [2.24, 2.45) is 0 Å². The molecule has 0 spiro atoms. The first kappa shape index (κ1) is 37.0. The molecular weight excluding hydrogens is 446 g/mol. The van der Waals surface area contributed by atoms with Gasteiger partial charge < -0.3 is 4.48 Å². The first-order valence-electron chi connectivity index (χ1n) is 18.0. The molecule has 0 N–H and O–H groups in total. The van der Waals surface area contributed by atoms with Gasteiger partial charge in [0.15, 0.2) is 0 Å². The molecule has 0 heterocycles. The highest BCUT2D eigenvalue weighted by Crippen LogP contribution is 2.17. The maximum atomic E-state index is 2.60. The molecule has 37 heavy (non-hydrogen) atoms. The molecule has 0 aromatic carbocycles. The van der Waals surface area contributed by atoms with Crippen LogP contribution in [0.25, 0.3) is 0 Å². The van der Waals surface area contributed by atoms with E-state index in [1.807, 2.05) is 0 Å². The van der Waals surface area contributed by atoms with Crippen LogP contribution in [-0.2, 0) is 0 Å². The lowest BCUT2D eigenvalue weighted by atomic mass is 10.0. The maximum absolute atomic E-state index is 2.60. The summed E-state index contributed by atoms with van der Waals surface area (Å²) in [5.41, 5.74) is 0. The summed E-state index contributed by atoms with van der Waals surface area (Å²) < 4.78 is 1.37. The Morgan fingerprint density at radius 1 is 0.243 bits per heavy atom. The molecule has 0 radical (unpaired) electrons. The predicted molar refractivity (Wildman–Crippen MR) is 172 cm³/mol. The molecule has 0 saturated carbocycles. The van der Waals surface area contributed by atoms with E-state index >= 15 is 0 Å². The highest BCUT2D eigenvalue weighted by Gasteiger charge is 2.20. The van der Waals surface area contributed by atoms with Gasteiger partial charge in [0.25, 0.3) is 0 Å². The van der Waals surface area contributed by atoms with Gasteiger partial charge in [0.1, 0.15) is 0 Å². The second-order valence-electron chi connectivity index (χ2n) is 13.0. The fourth-order valence-electron chi connectivity index (χ4n) is 6.10. The number of hydrogen-bond donors (Lipinski definition) is 0. The molecule has 0 fully saturated rings. The summed E-state index contributed by atoms with van der Waals surface area (Å²) in [7, 11) is 2.60. The molecule has 0 bridgehead atoms. The number of quaternary nitrogens is 1.